The molecule has 2 rings (SSSR count). The quantitative estimate of drug-likeness (QED) is 0.771. The minimum atomic E-state index is -1.21. The number of aryl methyl sites for hydroxylation is 1. The van der Waals surface area contributed by atoms with Crippen molar-refractivity contribution in [3.63, 3.8) is 0 Å². The van der Waals surface area contributed by atoms with Gasteiger partial charge in [0, 0.05) is 6.54 Å². The molecule has 6 heteroatoms. The van der Waals surface area contributed by atoms with Crippen LogP contribution in [0.4, 0.5) is 0 Å². The van der Waals surface area contributed by atoms with Gasteiger partial charge >= 0.3 is 5.97 Å². The number of hydrogen-bond acceptors (Lipinski definition) is 3. The number of carbonyl (C=O) groups is 2. The van der Waals surface area contributed by atoms with Crippen LogP contribution in [0.1, 0.15) is 39.0 Å². The van der Waals surface area contributed by atoms with Gasteiger partial charge in [0.2, 0.25) is 0 Å². The Balaban J connectivity index is 2.01. The van der Waals surface area contributed by atoms with Gasteiger partial charge in [0.05, 0.1) is 6.33 Å². The molecule has 0 unspecified atom stereocenters. The first-order valence-corrected chi connectivity index (χ1v) is 6.24. The van der Waals surface area contributed by atoms with Crippen molar-refractivity contribution >= 4 is 11.9 Å². The Labute approximate surface area is 115 Å². The van der Waals surface area contributed by atoms with Crippen molar-refractivity contribution in [1.82, 2.24) is 15.3 Å². The largest absolute Gasteiger partial charge is 0.477 e. The predicted octanol–water partition coefficient (Wildman–Crippen LogP) is 1.60. The summed E-state index contributed by atoms with van der Waals surface area (Å²) in [6, 6.07) is 7.86. The lowest BCUT2D eigenvalue weighted by Crippen LogP contribution is -2.25. The Bertz CT molecular complexity index is 617. The maximum atomic E-state index is 11.9. The highest BCUT2D eigenvalue weighted by atomic mass is 16.4. The number of benzene rings is 1. The molecule has 0 atom stereocenters. The Hall–Kier alpha value is -2.63. The molecule has 0 saturated carbocycles. The summed E-state index contributed by atoms with van der Waals surface area (Å²) in [5, 5.41) is 11.5. The zero-order valence-corrected chi connectivity index (χ0v) is 11.0. The molecule has 0 fully saturated rings. The number of hydrogen-bond donors (Lipinski definition) is 3. The second kappa shape index (κ2) is 6.01. The zero-order chi connectivity index (χ0) is 14.5. The average Bonchev–Trinajstić information content (AvgIpc) is 2.95. The van der Waals surface area contributed by atoms with Crippen LogP contribution in [-0.4, -0.2) is 27.0 Å². The van der Waals surface area contributed by atoms with E-state index in [1.807, 2.05) is 24.3 Å². The van der Waals surface area contributed by atoms with Gasteiger partial charge in [-0.3, -0.25) is 4.79 Å². The van der Waals surface area contributed by atoms with Gasteiger partial charge in [-0.15, -0.1) is 0 Å². The Kier molecular flexibility index (Phi) is 4.14. The minimum absolute atomic E-state index is 0.109. The smallest absolute Gasteiger partial charge is 0.354 e. The van der Waals surface area contributed by atoms with Crippen molar-refractivity contribution in [3.8, 4) is 0 Å². The van der Waals surface area contributed by atoms with E-state index in [1.54, 1.807) is 0 Å². The van der Waals surface area contributed by atoms with Gasteiger partial charge in [0.1, 0.15) is 0 Å². The van der Waals surface area contributed by atoms with Crippen molar-refractivity contribution in [2.45, 2.75) is 19.9 Å². The number of aromatic nitrogens is 2. The lowest BCUT2D eigenvalue weighted by atomic mass is 10.1. The molecular formula is C14H15N3O3. The summed E-state index contributed by atoms with van der Waals surface area (Å²) >= 11 is 0. The molecule has 104 valence electrons. The lowest BCUT2D eigenvalue weighted by molar-refractivity contribution is 0.0685. The summed E-state index contributed by atoms with van der Waals surface area (Å²) in [6.45, 7) is 2.40. The van der Waals surface area contributed by atoms with E-state index in [0.29, 0.717) is 6.54 Å². The fraction of sp³-hybridized carbons (Fsp3) is 0.214. The van der Waals surface area contributed by atoms with Crippen molar-refractivity contribution in [1.29, 1.82) is 0 Å². The van der Waals surface area contributed by atoms with Crippen LogP contribution in [0.2, 0.25) is 0 Å². The van der Waals surface area contributed by atoms with Crippen LogP contribution in [0.25, 0.3) is 0 Å². The summed E-state index contributed by atoms with van der Waals surface area (Å²) in [5.74, 6) is -1.72. The zero-order valence-electron chi connectivity index (χ0n) is 11.0. The molecule has 1 heterocycles. The number of aromatic carboxylic acids is 1. The fourth-order valence-electron chi connectivity index (χ4n) is 1.79. The van der Waals surface area contributed by atoms with E-state index >= 15 is 0 Å². The SMILES string of the molecule is CCc1ccc(CNC(=O)c2nc[nH]c2C(=O)O)cc1. The molecule has 3 N–H and O–H groups in total. The first-order chi connectivity index (χ1) is 9.61. The molecule has 0 saturated heterocycles. The van der Waals surface area contributed by atoms with Crippen LogP contribution in [0.15, 0.2) is 30.6 Å². The molecule has 0 spiro atoms. The normalized spacial score (nSPS) is 10.2. The first kappa shape index (κ1) is 13.8. The topological polar surface area (TPSA) is 95.1 Å². The van der Waals surface area contributed by atoms with Crippen LogP contribution in [0, 0.1) is 0 Å². The maximum Gasteiger partial charge on any atom is 0.354 e. The Morgan fingerprint density at radius 3 is 2.50 bits per heavy atom. The number of aromatic amines is 1. The van der Waals surface area contributed by atoms with Crippen LogP contribution in [0.3, 0.4) is 0 Å². The van der Waals surface area contributed by atoms with Crippen LogP contribution in [-0.2, 0) is 13.0 Å². The molecular weight excluding hydrogens is 258 g/mol. The summed E-state index contributed by atoms with van der Waals surface area (Å²) in [4.78, 5) is 28.9. The Morgan fingerprint density at radius 1 is 1.25 bits per heavy atom. The molecule has 0 bridgehead atoms. The number of rotatable bonds is 5. The summed E-state index contributed by atoms with van der Waals surface area (Å²) in [5.41, 5.74) is 1.86. The van der Waals surface area contributed by atoms with E-state index in [-0.39, 0.29) is 11.4 Å². The number of carboxylic acid groups (broad SMARTS) is 1. The third kappa shape index (κ3) is 3.03. The number of nitrogens with zero attached hydrogens (tertiary/aromatic N) is 1. The second-order valence-corrected chi connectivity index (χ2v) is 4.28. The van der Waals surface area contributed by atoms with Crippen molar-refractivity contribution in [2.75, 3.05) is 0 Å². The van der Waals surface area contributed by atoms with E-state index < -0.39 is 11.9 Å². The monoisotopic (exact) mass is 273 g/mol. The van der Waals surface area contributed by atoms with Crippen LogP contribution in [0.5, 0.6) is 0 Å². The molecule has 0 aliphatic heterocycles. The molecule has 0 aliphatic carbocycles. The molecule has 20 heavy (non-hydrogen) atoms. The number of carbonyl (C=O) groups excluding carboxylic acids is 1. The molecule has 6 nitrogen and oxygen atoms in total. The van der Waals surface area contributed by atoms with Gasteiger partial charge in [0.25, 0.3) is 5.91 Å². The van der Waals surface area contributed by atoms with E-state index in [4.69, 9.17) is 5.11 Å². The van der Waals surface area contributed by atoms with Crippen molar-refractivity contribution in [3.05, 3.63) is 53.1 Å². The van der Waals surface area contributed by atoms with Gasteiger partial charge in [-0.2, -0.15) is 0 Å². The molecule has 1 aromatic carbocycles. The van der Waals surface area contributed by atoms with E-state index in [1.165, 1.54) is 11.9 Å². The van der Waals surface area contributed by atoms with Crippen molar-refractivity contribution < 1.29 is 14.7 Å². The number of nitrogens with one attached hydrogen (secondary N) is 2. The number of carboxylic acids is 1. The third-order valence-electron chi connectivity index (χ3n) is 2.95. The highest BCUT2D eigenvalue weighted by Gasteiger charge is 2.19. The molecule has 1 aromatic heterocycles. The predicted molar refractivity (Wildman–Crippen MR) is 72.5 cm³/mol. The molecule has 2 aromatic rings. The highest BCUT2D eigenvalue weighted by molar-refractivity contribution is 6.02. The summed E-state index contributed by atoms with van der Waals surface area (Å²) < 4.78 is 0. The molecule has 0 aliphatic rings. The first-order valence-electron chi connectivity index (χ1n) is 6.24. The van der Waals surface area contributed by atoms with E-state index in [0.717, 1.165) is 12.0 Å². The summed E-state index contributed by atoms with van der Waals surface area (Å²) in [7, 11) is 0. The van der Waals surface area contributed by atoms with E-state index in [2.05, 4.69) is 22.2 Å². The molecule has 1 amide bonds. The number of H-pyrrole nitrogens is 1. The average molecular weight is 273 g/mol. The van der Waals surface area contributed by atoms with Gasteiger partial charge in [-0.25, -0.2) is 9.78 Å². The van der Waals surface area contributed by atoms with Gasteiger partial charge in [-0.05, 0) is 17.5 Å². The third-order valence-corrected chi connectivity index (χ3v) is 2.95. The second-order valence-electron chi connectivity index (χ2n) is 4.28. The number of amides is 1. The van der Waals surface area contributed by atoms with E-state index in [9.17, 15) is 9.59 Å². The lowest BCUT2D eigenvalue weighted by Gasteiger charge is -2.05. The van der Waals surface area contributed by atoms with Gasteiger partial charge in [-0.1, -0.05) is 31.2 Å². The van der Waals surface area contributed by atoms with Gasteiger partial charge in [0.15, 0.2) is 11.4 Å². The standard InChI is InChI=1S/C14H15N3O3/c1-2-9-3-5-10(6-4-9)7-15-13(18)11-12(14(19)20)17-8-16-11/h3-6,8H,2,7H2,1H3,(H,15,18)(H,16,17)(H,19,20). The minimum Gasteiger partial charge on any atom is -0.477 e. The molecule has 0 radical (unpaired) electrons. The summed E-state index contributed by atoms with van der Waals surface area (Å²) in [6.07, 6.45) is 2.15. The maximum absolute atomic E-state index is 11.9. The highest BCUT2D eigenvalue weighted by Crippen LogP contribution is 2.06. The number of imidazole rings is 1. The van der Waals surface area contributed by atoms with Gasteiger partial charge < -0.3 is 15.4 Å². The Morgan fingerprint density at radius 2 is 1.90 bits per heavy atom. The van der Waals surface area contributed by atoms with Crippen LogP contribution >= 0.6 is 0 Å². The van der Waals surface area contributed by atoms with Crippen LogP contribution < -0.4 is 5.32 Å². The fourth-order valence-corrected chi connectivity index (χ4v) is 1.79. The van der Waals surface area contributed by atoms with Crippen molar-refractivity contribution in [2.24, 2.45) is 0 Å².